The molecule has 0 saturated heterocycles. The SMILES string of the molecule is CC(C)(C)C=CCC1(OC(C)(C)C)CCCCC1. The Hall–Kier alpha value is -0.300. The maximum absolute atomic E-state index is 6.43. The van der Waals surface area contributed by atoms with Gasteiger partial charge in [-0.2, -0.15) is 0 Å². The van der Waals surface area contributed by atoms with Crippen LogP contribution in [0.15, 0.2) is 12.2 Å². The first-order valence-corrected chi connectivity index (χ1v) is 7.50. The summed E-state index contributed by atoms with van der Waals surface area (Å²) < 4.78 is 6.43. The second-order valence-corrected chi connectivity index (χ2v) is 7.93. The van der Waals surface area contributed by atoms with Crippen molar-refractivity contribution in [3.05, 3.63) is 12.2 Å². The number of hydrogen-bond acceptors (Lipinski definition) is 1. The summed E-state index contributed by atoms with van der Waals surface area (Å²) in [5.41, 5.74) is 0.336. The molecule has 0 aliphatic heterocycles. The Balaban J connectivity index is 2.69. The van der Waals surface area contributed by atoms with E-state index in [1.807, 2.05) is 0 Å². The van der Waals surface area contributed by atoms with E-state index in [1.165, 1.54) is 32.1 Å². The summed E-state index contributed by atoms with van der Waals surface area (Å²) in [6, 6.07) is 0. The lowest BCUT2D eigenvalue weighted by Gasteiger charge is -2.42. The highest BCUT2D eigenvalue weighted by Crippen LogP contribution is 2.38. The topological polar surface area (TPSA) is 9.23 Å². The Labute approximate surface area is 114 Å². The van der Waals surface area contributed by atoms with Crippen molar-refractivity contribution in [3.63, 3.8) is 0 Å². The van der Waals surface area contributed by atoms with Crippen LogP contribution in [0, 0.1) is 5.41 Å². The number of hydrogen-bond donors (Lipinski definition) is 0. The van der Waals surface area contributed by atoms with Gasteiger partial charge in [0.05, 0.1) is 11.2 Å². The van der Waals surface area contributed by atoms with Crippen molar-refractivity contribution in [2.24, 2.45) is 5.41 Å². The van der Waals surface area contributed by atoms with Crippen LogP contribution in [0.5, 0.6) is 0 Å². The first-order valence-electron chi connectivity index (χ1n) is 7.50. The number of rotatable bonds is 3. The van der Waals surface area contributed by atoms with Gasteiger partial charge in [-0.15, -0.1) is 0 Å². The van der Waals surface area contributed by atoms with Crippen molar-refractivity contribution in [2.45, 2.75) is 91.3 Å². The second-order valence-electron chi connectivity index (χ2n) is 7.93. The smallest absolute Gasteiger partial charge is 0.0723 e. The molecule has 1 aliphatic rings. The van der Waals surface area contributed by atoms with Crippen LogP contribution < -0.4 is 0 Å². The van der Waals surface area contributed by atoms with E-state index in [2.05, 4.69) is 53.7 Å². The molecule has 0 heterocycles. The number of allylic oxidation sites excluding steroid dienone is 1. The van der Waals surface area contributed by atoms with Gasteiger partial charge >= 0.3 is 0 Å². The van der Waals surface area contributed by atoms with Crippen LogP contribution in [0.25, 0.3) is 0 Å². The molecule has 0 amide bonds. The van der Waals surface area contributed by atoms with Gasteiger partial charge in [-0.1, -0.05) is 52.2 Å². The molecule has 0 radical (unpaired) electrons. The molecule has 0 aromatic heterocycles. The average Bonchev–Trinajstić information content (AvgIpc) is 2.13. The first-order chi connectivity index (χ1) is 8.12. The fourth-order valence-electron chi connectivity index (χ4n) is 2.82. The Kier molecular flexibility index (Phi) is 5.05. The van der Waals surface area contributed by atoms with Crippen molar-refractivity contribution in [2.75, 3.05) is 0 Å². The monoisotopic (exact) mass is 252 g/mol. The van der Waals surface area contributed by atoms with E-state index >= 15 is 0 Å². The molecule has 106 valence electrons. The fraction of sp³-hybridized carbons (Fsp3) is 0.882. The van der Waals surface area contributed by atoms with Crippen LogP contribution in [0.2, 0.25) is 0 Å². The third-order valence-corrected chi connectivity index (χ3v) is 3.40. The normalized spacial score (nSPS) is 21.4. The molecule has 1 fully saturated rings. The Morgan fingerprint density at radius 1 is 0.944 bits per heavy atom. The molecule has 1 rings (SSSR count). The largest absolute Gasteiger partial charge is 0.369 e. The fourth-order valence-corrected chi connectivity index (χ4v) is 2.82. The maximum atomic E-state index is 6.43. The third-order valence-electron chi connectivity index (χ3n) is 3.40. The Morgan fingerprint density at radius 3 is 1.94 bits per heavy atom. The second kappa shape index (κ2) is 5.77. The summed E-state index contributed by atoms with van der Waals surface area (Å²) >= 11 is 0. The van der Waals surface area contributed by atoms with Gasteiger partial charge in [-0.3, -0.25) is 0 Å². The standard InChI is InChI=1S/C17H32O/c1-15(2,3)11-10-14-17(18-16(4,5)6)12-8-7-9-13-17/h10-11H,7-9,12-14H2,1-6H3. The summed E-state index contributed by atoms with van der Waals surface area (Å²) in [5, 5.41) is 0. The molecule has 0 aromatic carbocycles. The molecule has 1 heteroatoms. The molecule has 0 aromatic rings. The molecule has 0 N–H and O–H groups in total. The van der Waals surface area contributed by atoms with Crippen LogP contribution in [0.3, 0.4) is 0 Å². The lowest BCUT2D eigenvalue weighted by molar-refractivity contribution is -0.146. The zero-order valence-corrected chi connectivity index (χ0v) is 13.3. The summed E-state index contributed by atoms with van der Waals surface area (Å²) in [5.74, 6) is 0. The van der Waals surface area contributed by atoms with Crippen LogP contribution in [-0.2, 0) is 4.74 Å². The lowest BCUT2D eigenvalue weighted by Crippen LogP contribution is -2.41. The highest BCUT2D eigenvalue weighted by atomic mass is 16.5. The molecule has 1 nitrogen and oxygen atoms in total. The maximum Gasteiger partial charge on any atom is 0.0723 e. The summed E-state index contributed by atoms with van der Waals surface area (Å²) in [4.78, 5) is 0. The molecule has 0 unspecified atom stereocenters. The van der Waals surface area contributed by atoms with E-state index in [0.717, 1.165) is 6.42 Å². The van der Waals surface area contributed by atoms with E-state index in [0.29, 0.717) is 0 Å². The third kappa shape index (κ3) is 6.04. The van der Waals surface area contributed by atoms with E-state index < -0.39 is 0 Å². The first kappa shape index (κ1) is 15.8. The van der Waals surface area contributed by atoms with Crippen molar-refractivity contribution in [3.8, 4) is 0 Å². The zero-order chi connectivity index (χ0) is 13.9. The van der Waals surface area contributed by atoms with E-state index in [9.17, 15) is 0 Å². The lowest BCUT2D eigenvalue weighted by atomic mass is 9.81. The molecular weight excluding hydrogens is 220 g/mol. The van der Waals surface area contributed by atoms with Gasteiger partial charge in [-0.05, 0) is 45.4 Å². The summed E-state index contributed by atoms with van der Waals surface area (Å²) in [6.07, 6.45) is 12.2. The highest BCUT2D eigenvalue weighted by molar-refractivity contribution is 4.99. The van der Waals surface area contributed by atoms with Gasteiger partial charge in [-0.25, -0.2) is 0 Å². The number of ether oxygens (including phenoxy) is 1. The summed E-state index contributed by atoms with van der Waals surface area (Å²) in [6.45, 7) is 13.3. The molecule has 18 heavy (non-hydrogen) atoms. The van der Waals surface area contributed by atoms with Gasteiger partial charge in [0.15, 0.2) is 0 Å². The van der Waals surface area contributed by atoms with Crippen LogP contribution in [0.1, 0.15) is 80.1 Å². The predicted octanol–water partition coefficient (Wildman–Crippen LogP) is 5.50. The minimum atomic E-state index is -0.0348. The minimum absolute atomic E-state index is 0.0348. The van der Waals surface area contributed by atoms with E-state index in [1.54, 1.807) is 0 Å². The molecule has 0 spiro atoms. The van der Waals surface area contributed by atoms with E-state index in [-0.39, 0.29) is 16.6 Å². The zero-order valence-electron chi connectivity index (χ0n) is 13.3. The van der Waals surface area contributed by atoms with Gasteiger partial charge in [0.25, 0.3) is 0 Å². The molecule has 1 saturated carbocycles. The van der Waals surface area contributed by atoms with Crippen molar-refractivity contribution in [1.82, 2.24) is 0 Å². The highest BCUT2D eigenvalue weighted by Gasteiger charge is 2.35. The van der Waals surface area contributed by atoms with E-state index in [4.69, 9.17) is 4.74 Å². The van der Waals surface area contributed by atoms with Crippen molar-refractivity contribution in [1.29, 1.82) is 0 Å². The minimum Gasteiger partial charge on any atom is -0.369 e. The van der Waals surface area contributed by atoms with Gasteiger partial charge in [0.2, 0.25) is 0 Å². The van der Waals surface area contributed by atoms with Gasteiger partial charge in [0, 0.05) is 0 Å². The average molecular weight is 252 g/mol. The van der Waals surface area contributed by atoms with Crippen molar-refractivity contribution < 1.29 is 4.74 Å². The molecule has 0 bridgehead atoms. The van der Waals surface area contributed by atoms with Gasteiger partial charge < -0.3 is 4.74 Å². The molecule has 0 atom stereocenters. The quantitative estimate of drug-likeness (QED) is 0.603. The van der Waals surface area contributed by atoms with Crippen LogP contribution in [-0.4, -0.2) is 11.2 Å². The van der Waals surface area contributed by atoms with Gasteiger partial charge in [0.1, 0.15) is 0 Å². The molecular formula is C17H32O. The summed E-state index contributed by atoms with van der Waals surface area (Å²) in [7, 11) is 0. The molecule has 1 aliphatic carbocycles. The predicted molar refractivity (Wildman–Crippen MR) is 79.9 cm³/mol. The van der Waals surface area contributed by atoms with Crippen LogP contribution >= 0.6 is 0 Å². The Bertz CT molecular complexity index is 269. The Morgan fingerprint density at radius 2 is 1.50 bits per heavy atom. The van der Waals surface area contributed by atoms with Crippen molar-refractivity contribution >= 4 is 0 Å². The van der Waals surface area contributed by atoms with Crippen LogP contribution in [0.4, 0.5) is 0 Å².